The number of piperidine rings is 1. The van der Waals surface area contributed by atoms with Crippen molar-refractivity contribution in [3.8, 4) is 0 Å². The highest BCUT2D eigenvalue weighted by atomic mass is 35.5. The number of amides is 2. The second-order valence-corrected chi connectivity index (χ2v) is 12.2. The number of ether oxygens (including phenoxy) is 1. The average Bonchev–Trinajstić information content (AvgIpc) is 3.07. The zero-order chi connectivity index (χ0) is 31.8. The van der Waals surface area contributed by atoms with Crippen LogP contribution in [0.4, 0.5) is 21.9 Å². The number of nitrogens with zero attached hydrogens (tertiary/aromatic N) is 4. The lowest BCUT2D eigenvalue weighted by Gasteiger charge is -2.38. The molecule has 5 N–H and O–H groups in total. The van der Waals surface area contributed by atoms with Crippen LogP contribution in [0.15, 0.2) is 60.9 Å². The van der Waals surface area contributed by atoms with Gasteiger partial charge in [0.15, 0.2) is 6.10 Å². The summed E-state index contributed by atoms with van der Waals surface area (Å²) in [5, 5.41) is 4.04. The number of aromatic nitrogens is 1. The summed E-state index contributed by atoms with van der Waals surface area (Å²) in [5.74, 6) is -0.194. The van der Waals surface area contributed by atoms with E-state index in [-0.39, 0.29) is 12.3 Å². The summed E-state index contributed by atoms with van der Waals surface area (Å²) in [6, 6.07) is 15.9. The van der Waals surface area contributed by atoms with Gasteiger partial charge in [0.1, 0.15) is 0 Å². The second-order valence-electron chi connectivity index (χ2n) is 11.8. The summed E-state index contributed by atoms with van der Waals surface area (Å²) >= 11 is 6.45. The van der Waals surface area contributed by atoms with Gasteiger partial charge in [-0.15, -0.1) is 0 Å². The van der Waals surface area contributed by atoms with E-state index in [1.165, 1.54) is 0 Å². The summed E-state index contributed by atoms with van der Waals surface area (Å²) < 4.78 is 6.02. The van der Waals surface area contributed by atoms with Crippen molar-refractivity contribution in [3.63, 3.8) is 0 Å². The molecule has 1 aromatic heterocycles. The number of carbonyl (C=O) groups is 2. The first-order valence-corrected chi connectivity index (χ1v) is 16.2. The van der Waals surface area contributed by atoms with E-state index in [9.17, 15) is 9.59 Å². The number of pyridine rings is 1. The van der Waals surface area contributed by atoms with Crippen molar-refractivity contribution in [3.05, 3.63) is 82.6 Å². The van der Waals surface area contributed by atoms with Gasteiger partial charge < -0.3 is 36.2 Å². The lowest BCUT2D eigenvalue weighted by Crippen LogP contribution is -2.53. The van der Waals surface area contributed by atoms with Crippen molar-refractivity contribution in [1.82, 2.24) is 20.1 Å². The molecule has 2 saturated heterocycles. The van der Waals surface area contributed by atoms with Crippen molar-refractivity contribution in [1.29, 1.82) is 0 Å². The maximum Gasteiger partial charge on any atom is 0.410 e. The highest BCUT2D eigenvalue weighted by Crippen LogP contribution is 2.27. The fraction of sp³-hybridized carbons (Fsp3) is 0.441. The Kier molecular flexibility index (Phi) is 11.0. The number of carbonyl (C=O) groups excluding carboxylic acids is 2. The molecule has 3 aromatic rings. The van der Waals surface area contributed by atoms with Gasteiger partial charge in [-0.1, -0.05) is 42.8 Å². The number of halogens is 1. The van der Waals surface area contributed by atoms with Gasteiger partial charge in [0.2, 0.25) is 0 Å². The van der Waals surface area contributed by atoms with E-state index in [1.807, 2.05) is 43.3 Å². The molecule has 2 aliphatic heterocycles. The quantitative estimate of drug-likeness (QED) is 0.284. The molecule has 2 aliphatic rings. The molecule has 3 heterocycles. The molecule has 2 amide bonds. The van der Waals surface area contributed by atoms with Crippen LogP contribution in [0.25, 0.3) is 0 Å². The van der Waals surface area contributed by atoms with E-state index < -0.39 is 12.2 Å². The fourth-order valence-electron chi connectivity index (χ4n) is 6.12. The first-order valence-electron chi connectivity index (χ1n) is 15.8. The number of rotatable bonds is 10. The third-order valence-corrected chi connectivity index (χ3v) is 9.16. The molecule has 0 unspecified atom stereocenters. The summed E-state index contributed by atoms with van der Waals surface area (Å²) in [7, 11) is 0. The standard InChI is InChI=1S/C34H44ClN7O3/c1-2-25-21-24(22-29(35)32(25)37)23-31(33(43)41-19-17-40(18-20-41)28-8-12-38-13-9-28)45-34(44)42-15-10-27(11-16-42)39-14-7-26-5-3-4-6-30(26)36/h3-6,8-9,12-13,21-22,27,31,39H,2,7,10-11,14-20,23,36-37H2,1H3/t31-/m1/s1. The smallest absolute Gasteiger partial charge is 0.410 e. The molecule has 0 aliphatic carbocycles. The summed E-state index contributed by atoms with van der Waals surface area (Å²) in [6.45, 7) is 6.37. The number of nitrogens with two attached hydrogens (primary N) is 2. The van der Waals surface area contributed by atoms with E-state index in [0.29, 0.717) is 62.4 Å². The molecule has 0 spiro atoms. The number of piperazine rings is 1. The number of hydrogen-bond acceptors (Lipinski definition) is 8. The van der Waals surface area contributed by atoms with Gasteiger partial charge in [0, 0.05) is 75.5 Å². The summed E-state index contributed by atoms with van der Waals surface area (Å²) in [5.41, 5.74) is 17.5. The van der Waals surface area contributed by atoms with E-state index in [0.717, 1.165) is 53.9 Å². The lowest BCUT2D eigenvalue weighted by atomic mass is 10.0. The second kappa shape index (κ2) is 15.3. The van der Waals surface area contributed by atoms with Crippen LogP contribution in [0.5, 0.6) is 0 Å². The Morgan fingerprint density at radius 2 is 1.69 bits per heavy atom. The maximum atomic E-state index is 13.9. The number of likely N-dealkylation sites (tertiary alicyclic amines) is 1. The first kappa shape index (κ1) is 32.4. The third-order valence-electron chi connectivity index (χ3n) is 8.85. The van der Waals surface area contributed by atoms with Crippen LogP contribution in [0, 0.1) is 0 Å². The molecular formula is C34H44ClN7O3. The minimum Gasteiger partial charge on any atom is -0.436 e. The summed E-state index contributed by atoms with van der Waals surface area (Å²) in [4.78, 5) is 37.2. The van der Waals surface area contributed by atoms with Crippen molar-refractivity contribution in [2.75, 3.05) is 62.2 Å². The predicted molar refractivity (Wildman–Crippen MR) is 179 cm³/mol. The van der Waals surface area contributed by atoms with Crippen molar-refractivity contribution in [2.45, 2.75) is 51.2 Å². The Bertz CT molecular complexity index is 1440. The lowest BCUT2D eigenvalue weighted by molar-refractivity contribution is -0.141. The van der Waals surface area contributed by atoms with Gasteiger partial charge in [0.25, 0.3) is 5.91 Å². The SMILES string of the molecule is CCc1cc(C[C@@H](OC(=O)N2CCC(NCCc3ccccc3N)CC2)C(=O)N2CCN(c3ccncc3)CC2)cc(Cl)c1N. The van der Waals surface area contributed by atoms with E-state index in [4.69, 9.17) is 27.8 Å². The average molecular weight is 634 g/mol. The molecule has 45 heavy (non-hydrogen) atoms. The highest BCUT2D eigenvalue weighted by Gasteiger charge is 2.33. The Hall–Kier alpha value is -4.02. The van der Waals surface area contributed by atoms with Crippen molar-refractivity contribution in [2.24, 2.45) is 0 Å². The molecule has 2 aromatic carbocycles. The Morgan fingerprint density at radius 3 is 2.38 bits per heavy atom. The van der Waals surface area contributed by atoms with Gasteiger partial charge in [-0.2, -0.15) is 0 Å². The number of nitrogen functional groups attached to an aromatic ring is 2. The van der Waals surface area contributed by atoms with Gasteiger partial charge in [0.05, 0.1) is 10.7 Å². The maximum absolute atomic E-state index is 13.9. The summed E-state index contributed by atoms with van der Waals surface area (Å²) in [6.07, 6.45) is 5.50. The normalized spacial score (nSPS) is 16.4. The number of anilines is 3. The molecule has 0 saturated carbocycles. The number of nitrogens with one attached hydrogen (secondary N) is 1. The molecule has 2 fully saturated rings. The van der Waals surface area contributed by atoms with Gasteiger partial charge in [-0.25, -0.2) is 4.79 Å². The molecule has 10 nitrogen and oxygen atoms in total. The minimum absolute atomic E-state index is 0.194. The molecule has 0 radical (unpaired) electrons. The molecule has 1 atom stereocenters. The Balaban J connectivity index is 1.20. The van der Waals surface area contributed by atoms with E-state index >= 15 is 0 Å². The van der Waals surface area contributed by atoms with Gasteiger partial charge in [-0.3, -0.25) is 9.78 Å². The number of para-hydroxylation sites is 1. The van der Waals surface area contributed by atoms with Crippen LogP contribution in [-0.2, 0) is 28.8 Å². The van der Waals surface area contributed by atoms with Crippen LogP contribution in [0.1, 0.15) is 36.5 Å². The number of benzene rings is 2. The van der Waals surface area contributed by atoms with Crippen LogP contribution in [-0.4, -0.2) is 84.7 Å². The molecule has 0 bridgehead atoms. The monoisotopic (exact) mass is 633 g/mol. The molecule has 5 rings (SSSR count). The van der Waals surface area contributed by atoms with E-state index in [2.05, 4.69) is 21.3 Å². The minimum atomic E-state index is -0.971. The van der Waals surface area contributed by atoms with Crippen LogP contribution in [0.2, 0.25) is 5.02 Å². The van der Waals surface area contributed by atoms with Crippen LogP contribution in [0.3, 0.4) is 0 Å². The molecular weight excluding hydrogens is 590 g/mol. The molecule has 240 valence electrons. The van der Waals surface area contributed by atoms with Crippen LogP contribution >= 0.6 is 11.6 Å². The van der Waals surface area contributed by atoms with Gasteiger partial charge in [-0.05, 0) is 73.2 Å². The van der Waals surface area contributed by atoms with Crippen LogP contribution < -0.4 is 21.7 Å². The Labute approximate surface area is 270 Å². The number of aryl methyl sites for hydroxylation is 1. The Morgan fingerprint density at radius 1 is 0.978 bits per heavy atom. The molecule has 11 heteroatoms. The largest absolute Gasteiger partial charge is 0.436 e. The highest BCUT2D eigenvalue weighted by molar-refractivity contribution is 6.33. The fourth-order valence-corrected chi connectivity index (χ4v) is 6.38. The van der Waals surface area contributed by atoms with Crippen molar-refractivity contribution >= 4 is 40.7 Å². The number of hydrogen-bond donors (Lipinski definition) is 3. The predicted octanol–water partition coefficient (Wildman–Crippen LogP) is 4.16. The topological polar surface area (TPSA) is 130 Å². The zero-order valence-electron chi connectivity index (χ0n) is 26.0. The third kappa shape index (κ3) is 8.38. The first-order chi connectivity index (χ1) is 21.8. The zero-order valence-corrected chi connectivity index (χ0v) is 26.7. The van der Waals surface area contributed by atoms with Gasteiger partial charge >= 0.3 is 6.09 Å². The van der Waals surface area contributed by atoms with Crippen molar-refractivity contribution < 1.29 is 14.3 Å². The van der Waals surface area contributed by atoms with E-state index in [1.54, 1.807) is 28.3 Å².